The van der Waals surface area contributed by atoms with Crippen molar-refractivity contribution >= 4 is 28.5 Å². The van der Waals surface area contributed by atoms with E-state index in [0.717, 1.165) is 12.8 Å². The van der Waals surface area contributed by atoms with Crippen molar-refractivity contribution < 1.29 is 18.4 Å². The number of alkyl carbamates (subject to hydrolysis) is 1. The molecule has 0 radical (unpaired) electrons. The van der Waals surface area contributed by atoms with Crippen molar-refractivity contribution in [3.8, 4) is 34.3 Å². The minimum atomic E-state index is -2.71. The van der Waals surface area contributed by atoms with Gasteiger partial charge < -0.3 is 25.0 Å². The van der Waals surface area contributed by atoms with E-state index in [9.17, 15) is 14.9 Å². The van der Waals surface area contributed by atoms with Crippen LogP contribution in [0, 0.1) is 18.3 Å². The van der Waals surface area contributed by atoms with Gasteiger partial charge in [-0.1, -0.05) is 0 Å². The van der Waals surface area contributed by atoms with Crippen molar-refractivity contribution in [1.29, 1.82) is 5.26 Å². The zero-order valence-corrected chi connectivity index (χ0v) is 25.2. The van der Waals surface area contributed by atoms with Gasteiger partial charge in [0.25, 0.3) is 5.56 Å². The molecule has 228 valence electrons. The summed E-state index contributed by atoms with van der Waals surface area (Å²) in [5.41, 5.74) is 0.906. The zero-order chi connectivity index (χ0) is 34.1. The van der Waals surface area contributed by atoms with Gasteiger partial charge in [0.15, 0.2) is 11.6 Å². The van der Waals surface area contributed by atoms with E-state index in [-0.39, 0.29) is 45.7 Å². The Hall–Kier alpha value is -5.19. The molecule has 3 N–H and O–H groups in total. The molecular weight excluding hydrogens is 564 g/mol. The summed E-state index contributed by atoms with van der Waals surface area (Å²) in [5.74, 6) is 0.745. The van der Waals surface area contributed by atoms with Crippen molar-refractivity contribution in [2.75, 3.05) is 30.8 Å². The molecule has 2 aliphatic rings. The Morgan fingerprint density at radius 1 is 1.32 bits per heavy atom. The molecule has 6 rings (SSSR count). The van der Waals surface area contributed by atoms with Crippen LogP contribution < -0.4 is 25.8 Å². The van der Waals surface area contributed by atoms with Gasteiger partial charge >= 0.3 is 6.09 Å². The van der Waals surface area contributed by atoms with Crippen LogP contribution in [0.3, 0.4) is 0 Å². The lowest BCUT2D eigenvalue weighted by atomic mass is 9.97. The van der Waals surface area contributed by atoms with Crippen LogP contribution in [0.5, 0.6) is 5.75 Å². The molecule has 5 heterocycles. The number of aromatic nitrogens is 6. The Morgan fingerprint density at radius 3 is 2.77 bits per heavy atom. The Bertz CT molecular complexity index is 2040. The molecule has 0 aromatic carbocycles. The number of nitrogens with zero attached hydrogens (tertiary/aromatic N) is 7. The number of amides is 1. The van der Waals surface area contributed by atoms with E-state index < -0.39 is 24.2 Å². The van der Waals surface area contributed by atoms with Crippen LogP contribution in [-0.4, -0.2) is 67.8 Å². The molecule has 0 unspecified atom stereocenters. The Kier molecular flexibility index (Phi) is 5.88. The number of rotatable bonds is 5. The van der Waals surface area contributed by atoms with Crippen LogP contribution in [0.1, 0.15) is 54.7 Å². The van der Waals surface area contributed by atoms with Crippen LogP contribution in [0.4, 0.5) is 16.4 Å². The fraction of sp³-hybridized carbons (Fsp3) is 0.433. The van der Waals surface area contributed by atoms with Gasteiger partial charge in [0, 0.05) is 41.7 Å². The smallest absolute Gasteiger partial charge is 0.407 e. The molecule has 1 fully saturated rings. The van der Waals surface area contributed by atoms with E-state index in [1.54, 1.807) is 45.5 Å². The molecule has 4 aromatic heterocycles. The van der Waals surface area contributed by atoms with Gasteiger partial charge in [-0.2, -0.15) is 15.5 Å². The first-order chi connectivity index (χ1) is 22.0. The number of nitrogens with one attached hydrogen (secondary N) is 3. The summed E-state index contributed by atoms with van der Waals surface area (Å²) in [6.07, 6.45) is 2.58. The van der Waals surface area contributed by atoms with Crippen molar-refractivity contribution in [1.82, 2.24) is 35.3 Å². The Morgan fingerprint density at radius 2 is 2.09 bits per heavy atom. The van der Waals surface area contributed by atoms with Crippen LogP contribution in [0.25, 0.3) is 33.3 Å². The number of hydrogen-bond acceptors (Lipinski definition) is 11. The molecule has 1 saturated carbocycles. The summed E-state index contributed by atoms with van der Waals surface area (Å²) in [7, 11) is 3.63. The number of aryl methyl sites for hydroxylation is 2. The second-order valence-electron chi connectivity index (χ2n) is 12.1. The quantitative estimate of drug-likeness (QED) is 0.306. The number of ether oxygens (including phenoxy) is 2. The number of fused-ring (bicyclic) bond motifs is 2. The van der Waals surface area contributed by atoms with E-state index in [1.807, 2.05) is 11.9 Å². The molecule has 0 bridgehead atoms. The van der Waals surface area contributed by atoms with Crippen LogP contribution in [-0.2, 0) is 18.3 Å². The minimum absolute atomic E-state index is 0.0678. The SMILES string of the molecule is [2H]C([2H])([2H])Nc1nc(-c2cnn(C)c2-c2c(C)nc3c(c2C#N)OC2(CC2)CN3C)cc2c(CNC(=O)OC(C)(C)C)n[nH]c(=O)c12. The van der Waals surface area contributed by atoms with Crippen molar-refractivity contribution in [3.63, 3.8) is 0 Å². The fourth-order valence-corrected chi connectivity index (χ4v) is 5.57. The van der Waals surface area contributed by atoms with Crippen molar-refractivity contribution in [2.45, 2.75) is 58.3 Å². The molecule has 0 atom stereocenters. The van der Waals surface area contributed by atoms with Gasteiger partial charge in [-0.3, -0.25) is 9.48 Å². The van der Waals surface area contributed by atoms with E-state index in [1.165, 1.54) is 6.20 Å². The summed E-state index contributed by atoms with van der Waals surface area (Å²) in [5, 5.41) is 26.6. The molecule has 14 heteroatoms. The van der Waals surface area contributed by atoms with E-state index >= 15 is 0 Å². The van der Waals surface area contributed by atoms with E-state index in [2.05, 4.69) is 37.0 Å². The fourth-order valence-electron chi connectivity index (χ4n) is 5.57. The summed E-state index contributed by atoms with van der Waals surface area (Å²) < 4.78 is 36.9. The third kappa shape index (κ3) is 4.93. The highest BCUT2D eigenvalue weighted by atomic mass is 16.6. The summed E-state index contributed by atoms with van der Waals surface area (Å²) in [6, 6.07) is 3.90. The maximum Gasteiger partial charge on any atom is 0.407 e. The molecule has 1 aliphatic heterocycles. The second-order valence-corrected chi connectivity index (χ2v) is 12.1. The molecule has 44 heavy (non-hydrogen) atoms. The average Bonchev–Trinajstić information content (AvgIpc) is 3.59. The van der Waals surface area contributed by atoms with Crippen LogP contribution in [0.2, 0.25) is 0 Å². The monoisotopic (exact) mass is 601 g/mol. The zero-order valence-electron chi connectivity index (χ0n) is 28.2. The maximum atomic E-state index is 13.1. The van der Waals surface area contributed by atoms with Crippen molar-refractivity contribution in [3.05, 3.63) is 39.6 Å². The molecular formula is C30H34N10O4. The van der Waals surface area contributed by atoms with Crippen LogP contribution >= 0.6 is 0 Å². The summed E-state index contributed by atoms with van der Waals surface area (Å²) >= 11 is 0. The molecule has 14 nitrogen and oxygen atoms in total. The minimum Gasteiger partial charge on any atom is -0.480 e. The molecule has 4 aromatic rings. The number of carbonyl (C=O) groups is 1. The van der Waals surface area contributed by atoms with Gasteiger partial charge in [-0.15, -0.1) is 0 Å². The highest BCUT2D eigenvalue weighted by Gasteiger charge is 2.51. The normalized spacial score (nSPS) is 16.3. The van der Waals surface area contributed by atoms with Gasteiger partial charge in [-0.25, -0.2) is 19.9 Å². The number of H-pyrrole nitrogens is 1. The van der Waals surface area contributed by atoms with Gasteiger partial charge in [0.05, 0.1) is 47.4 Å². The lowest BCUT2D eigenvalue weighted by Crippen LogP contribution is -2.40. The first-order valence-corrected chi connectivity index (χ1v) is 14.0. The lowest BCUT2D eigenvalue weighted by Gasteiger charge is -2.34. The Labute approximate surface area is 257 Å². The number of nitriles is 1. The van der Waals surface area contributed by atoms with Crippen molar-refractivity contribution in [2.24, 2.45) is 7.05 Å². The topological polar surface area (TPSA) is 176 Å². The number of aromatic amines is 1. The molecule has 1 aliphatic carbocycles. The number of anilines is 2. The first kappa shape index (κ1) is 25.3. The third-order valence-corrected chi connectivity index (χ3v) is 7.66. The van der Waals surface area contributed by atoms with Gasteiger partial charge in [-0.05, 0) is 46.6 Å². The predicted octanol–water partition coefficient (Wildman–Crippen LogP) is 3.39. The number of carbonyl (C=O) groups excluding carboxylic acids is 1. The summed E-state index contributed by atoms with van der Waals surface area (Å²) in [6.45, 7) is 4.77. The van der Waals surface area contributed by atoms with Crippen LogP contribution in [0.15, 0.2) is 17.1 Å². The number of hydrogen-bond donors (Lipinski definition) is 3. The molecule has 0 saturated heterocycles. The Balaban J connectivity index is 1.54. The highest BCUT2D eigenvalue weighted by molar-refractivity contribution is 5.97. The maximum absolute atomic E-state index is 13.1. The van der Waals surface area contributed by atoms with Gasteiger partial charge in [0.1, 0.15) is 28.7 Å². The molecule has 1 amide bonds. The standard InChI is InChI=1S/C30H34N10O4/c1-15-21(17(11-31)24-26(35-15)39(6)14-30(43-24)8-9-30)23-18(12-34-40(23)7)19-10-16-20(13-33-28(42)44-29(2,3)4)37-38-27(41)22(16)25(32-5)36-19/h10,12H,8-9,13-14H2,1-7H3,(H,32,36)(H,33,42)(H,38,41)/i5D3. The first-order valence-electron chi connectivity index (χ1n) is 15.5. The average molecular weight is 602 g/mol. The highest BCUT2D eigenvalue weighted by Crippen LogP contribution is 2.51. The largest absolute Gasteiger partial charge is 0.480 e. The van der Waals surface area contributed by atoms with E-state index in [4.69, 9.17) is 18.6 Å². The number of pyridine rings is 2. The van der Waals surface area contributed by atoms with E-state index in [0.29, 0.717) is 40.6 Å². The summed E-state index contributed by atoms with van der Waals surface area (Å²) in [4.78, 5) is 37.0. The molecule has 1 spiro atoms. The lowest BCUT2D eigenvalue weighted by molar-refractivity contribution is 0.0523. The third-order valence-electron chi connectivity index (χ3n) is 7.66. The number of likely N-dealkylation sites (N-methyl/N-ethyl adjacent to an activating group) is 1. The second kappa shape index (κ2) is 10.2. The predicted molar refractivity (Wildman–Crippen MR) is 164 cm³/mol. The van der Waals surface area contributed by atoms with Gasteiger partial charge in [0.2, 0.25) is 0 Å².